The van der Waals surface area contributed by atoms with Gasteiger partial charge in [-0.25, -0.2) is 9.59 Å². The molecule has 1 atom stereocenters. The molecule has 12 heteroatoms. The average Bonchev–Trinajstić information content (AvgIpc) is 3.35. The molecule has 0 saturated heterocycles. The number of imide groups is 1. The zero-order chi connectivity index (χ0) is 23.6. The van der Waals surface area contributed by atoms with Gasteiger partial charge in [0, 0.05) is 11.8 Å². The summed E-state index contributed by atoms with van der Waals surface area (Å²) in [5, 5.41) is 7.07. The van der Waals surface area contributed by atoms with Crippen molar-refractivity contribution in [1.29, 1.82) is 0 Å². The molecule has 1 aliphatic rings. The molecule has 176 valence electrons. The molecule has 1 aromatic carbocycles. The molecule has 1 aliphatic heterocycles. The SMILES string of the molecule is CSCC[C@@H](NC(=O)c1ccco1)C(=O)OCC(=O)NC(=O)Nc1ccc2c(c1)OCCO2. The lowest BCUT2D eigenvalue weighted by atomic mass is 10.2. The zero-order valence-corrected chi connectivity index (χ0v) is 18.6. The second-order valence-corrected chi connectivity index (χ2v) is 7.74. The number of nitrogens with one attached hydrogen (secondary N) is 3. The molecule has 2 aromatic rings. The van der Waals surface area contributed by atoms with E-state index in [0.717, 1.165) is 0 Å². The predicted molar refractivity (Wildman–Crippen MR) is 119 cm³/mol. The molecule has 0 bridgehead atoms. The van der Waals surface area contributed by atoms with Crippen molar-refractivity contribution in [2.24, 2.45) is 0 Å². The summed E-state index contributed by atoms with van der Waals surface area (Å²) in [7, 11) is 0. The van der Waals surface area contributed by atoms with Gasteiger partial charge >= 0.3 is 12.0 Å². The topological polar surface area (TPSA) is 145 Å². The van der Waals surface area contributed by atoms with Crippen LogP contribution < -0.4 is 25.4 Å². The van der Waals surface area contributed by atoms with E-state index in [4.69, 9.17) is 18.6 Å². The Balaban J connectivity index is 1.46. The van der Waals surface area contributed by atoms with Crippen molar-refractivity contribution in [3.8, 4) is 11.5 Å². The lowest BCUT2D eigenvalue weighted by Crippen LogP contribution is -2.44. The molecular formula is C21H23N3O8S. The Morgan fingerprint density at radius 2 is 1.91 bits per heavy atom. The third kappa shape index (κ3) is 7.17. The Bertz CT molecular complexity index is 995. The van der Waals surface area contributed by atoms with Crippen molar-refractivity contribution in [3.05, 3.63) is 42.4 Å². The zero-order valence-electron chi connectivity index (χ0n) is 17.8. The minimum atomic E-state index is -0.977. The molecule has 0 aliphatic carbocycles. The molecule has 0 radical (unpaired) electrons. The predicted octanol–water partition coefficient (Wildman–Crippen LogP) is 1.79. The fraction of sp³-hybridized carbons (Fsp3) is 0.333. The number of furan rings is 1. The van der Waals surface area contributed by atoms with Gasteiger partial charge in [-0.2, -0.15) is 11.8 Å². The van der Waals surface area contributed by atoms with Crippen LogP contribution in [0.2, 0.25) is 0 Å². The summed E-state index contributed by atoms with van der Waals surface area (Å²) in [6.07, 6.45) is 3.48. The maximum absolute atomic E-state index is 12.4. The minimum absolute atomic E-state index is 0.0468. The average molecular weight is 477 g/mol. The highest BCUT2D eigenvalue weighted by Crippen LogP contribution is 2.32. The largest absolute Gasteiger partial charge is 0.486 e. The fourth-order valence-corrected chi connectivity index (χ4v) is 3.28. The van der Waals surface area contributed by atoms with Crippen LogP contribution in [0.15, 0.2) is 41.0 Å². The van der Waals surface area contributed by atoms with Crippen molar-refractivity contribution in [2.75, 3.05) is 37.1 Å². The fourth-order valence-electron chi connectivity index (χ4n) is 2.81. The highest BCUT2D eigenvalue weighted by atomic mass is 32.2. The van der Waals surface area contributed by atoms with Crippen LogP contribution in [-0.4, -0.2) is 61.7 Å². The van der Waals surface area contributed by atoms with Crippen molar-refractivity contribution >= 4 is 41.3 Å². The van der Waals surface area contributed by atoms with Crippen molar-refractivity contribution in [3.63, 3.8) is 0 Å². The number of amides is 4. The number of hydrogen-bond donors (Lipinski definition) is 3. The van der Waals surface area contributed by atoms with Crippen molar-refractivity contribution in [1.82, 2.24) is 10.6 Å². The second-order valence-electron chi connectivity index (χ2n) is 6.75. The summed E-state index contributed by atoms with van der Waals surface area (Å²) in [6.45, 7) is 0.143. The van der Waals surface area contributed by atoms with Crippen LogP contribution in [0.1, 0.15) is 17.0 Å². The van der Waals surface area contributed by atoms with Gasteiger partial charge in [-0.15, -0.1) is 0 Å². The number of urea groups is 1. The van der Waals surface area contributed by atoms with Crippen LogP contribution in [0.3, 0.4) is 0 Å². The number of thioether (sulfide) groups is 1. The lowest BCUT2D eigenvalue weighted by molar-refractivity contribution is -0.150. The van der Waals surface area contributed by atoms with Crippen LogP contribution >= 0.6 is 11.8 Å². The van der Waals surface area contributed by atoms with Crippen LogP contribution in [0.5, 0.6) is 11.5 Å². The monoisotopic (exact) mass is 477 g/mol. The lowest BCUT2D eigenvalue weighted by Gasteiger charge is -2.19. The number of benzene rings is 1. The van der Waals surface area contributed by atoms with Crippen LogP contribution in [0, 0.1) is 0 Å². The first-order valence-electron chi connectivity index (χ1n) is 9.96. The molecule has 11 nitrogen and oxygen atoms in total. The van der Waals surface area contributed by atoms with E-state index in [-0.39, 0.29) is 5.76 Å². The van der Waals surface area contributed by atoms with E-state index in [2.05, 4.69) is 16.0 Å². The van der Waals surface area contributed by atoms with E-state index in [0.29, 0.717) is 42.6 Å². The van der Waals surface area contributed by atoms with E-state index >= 15 is 0 Å². The van der Waals surface area contributed by atoms with Gasteiger partial charge < -0.3 is 29.3 Å². The van der Waals surface area contributed by atoms with Gasteiger partial charge in [0.25, 0.3) is 11.8 Å². The van der Waals surface area contributed by atoms with E-state index < -0.39 is 36.5 Å². The molecule has 3 rings (SSSR count). The summed E-state index contributed by atoms with van der Waals surface area (Å²) >= 11 is 1.48. The highest BCUT2D eigenvalue weighted by Gasteiger charge is 2.24. The van der Waals surface area contributed by atoms with Gasteiger partial charge in [0.2, 0.25) is 0 Å². The number of carbonyl (C=O) groups excluding carboxylic acids is 4. The normalized spacial score (nSPS) is 12.9. The van der Waals surface area contributed by atoms with Crippen molar-refractivity contribution in [2.45, 2.75) is 12.5 Å². The molecule has 4 amide bonds. The molecule has 2 heterocycles. The molecule has 0 unspecified atom stereocenters. The summed E-state index contributed by atoms with van der Waals surface area (Å²) < 4.78 is 20.8. The van der Waals surface area contributed by atoms with Gasteiger partial charge in [-0.05, 0) is 42.7 Å². The molecule has 1 aromatic heterocycles. The number of esters is 1. The Hall–Kier alpha value is -3.67. The van der Waals surface area contributed by atoms with E-state index in [1.165, 1.54) is 24.1 Å². The van der Waals surface area contributed by atoms with Gasteiger partial charge in [0.1, 0.15) is 19.3 Å². The first-order valence-corrected chi connectivity index (χ1v) is 11.4. The first-order chi connectivity index (χ1) is 16.0. The van der Waals surface area contributed by atoms with Gasteiger partial charge in [-0.1, -0.05) is 0 Å². The van der Waals surface area contributed by atoms with E-state index in [1.54, 1.807) is 24.3 Å². The van der Waals surface area contributed by atoms with Crippen LogP contribution in [0.25, 0.3) is 0 Å². The maximum atomic E-state index is 12.4. The standard InChI is InChI=1S/C21H23N3O8S/c1-33-10-6-14(23-19(26)16-3-2-7-29-16)20(27)32-12-18(25)24-21(28)22-13-4-5-15-17(11-13)31-9-8-30-15/h2-5,7,11,14H,6,8-10,12H2,1H3,(H,23,26)(H2,22,24,25,28)/t14-/m1/s1. The van der Waals surface area contributed by atoms with E-state index in [9.17, 15) is 19.2 Å². The minimum Gasteiger partial charge on any atom is -0.486 e. The summed E-state index contributed by atoms with van der Waals surface area (Å²) in [5.74, 6) is -0.553. The molecule has 33 heavy (non-hydrogen) atoms. The Morgan fingerprint density at radius 1 is 1.12 bits per heavy atom. The number of rotatable bonds is 9. The Kier molecular flexibility index (Phi) is 8.58. The van der Waals surface area contributed by atoms with Gasteiger partial charge in [-0.3, -0.25) is 14.9 Å². The molecule has 0 fully saturated rings. The summed E-state index contributed by atoms with van der Waals surface area (Å²) in [6, 6.07) is 6.02. The van der Waals surface area contributed by atoms with Crippen molar-refractivity contribution < 1.29 is 37.8 Å². The number of ether oxygens (including phenoxy) is 3. The van der Waals surface area contributed by atoms with Crippen LogP contribution in [0.4, 0.5) is 10.5 Å². The summed E-state index contributed by atoms with van der Waals surface area (Å²) in [4.78, 5) is 48.6. The number of fused-ring (bicyclic) bond motifs is 1. The molecule has 0 saturated carbocycles. The van der Waals surface area contributed by atoms with Gasteiger partial charge in [0.15, 0.2) is 23.9 Å². The highest BCUT2D eigenvalue weighted by molar-refractivity contribution is 7.98. The third-order valence-electron chi connectivity index (χ3n) is 4.34. The quantitative estimate of drug-likeness (QED) is 0.460. The first kappa shape index (κ1) is 24.0. The Morgan fingerprint density at radius 3 is 2.64 bits per heavy atom. The van der Waals surface area contributed by atoms with Crippen LogP contribution in [-0.2, 0) is 14.3 Å². The molecule has 3 N–H and O–H groups in total. The second kappa shape index (κ2) is 11.8. The number of hydrogen-bond acceptors (Lipinski definition) is 9. The third-order valence-corrected chi connectivity index (χ3v) is 4.99. The smallest absolute Gasteiger partial charge is 0.329 e. The molecule has 0 spiro atoms. The Labute approximate surface area is 193 Å². The maximum Gasteiger partial charge on any atom is 0.329 e. The number of anilines is 1. The number of carbonyl (C=O) groups is 4. The van der Waals surface area contributed by atoms with E-state index in [1.807, 2.05) is 6.26 Å². The van der Waals surface area contributed by atoms with Gasteiger partial charge in [0.05, 0.1) is 6.26 Å². The summed E-state index contributed by atoms with van der Waals surface area (Å²) in [5.41, 5.74) is 0.388. The molecular weight excluding hydrogens is 454 g/mol.